The van der Waals surface area contributed by atoms with Gasteiger partial charge in [-0.1, -0.05) is 18.2 Å². The van der Waals surface area contributed by atoms with Crippen LogP contribution >= 0.6 is 0 Å². The Balaban J connectivity index is 2.08. The fourth-order valence-corrected chi connectivity index (χ4v) is 2.10. The molecule has 0 N–H and O–H groups in total. The van der Waals surface area contributed by atoms with Crippen molar-refractivity contribution in [2.75, 3.05) is 0 Å². The highest BCUT2D eigenvalue weighted by molar-refractivity contribution is 5.69. The van der Waals surface area contributed by atoms with Crippen LogP contribution in [0, 0.1) is 11.3 Å². The second-order valence-electron chi connectivity index (χ2n) is 5.77. The smallest absolute Gasteiger partial charge is 0.410 e. The Morgan fingerprint density at radius 2 is 2.05 bits per heavy atom. The maximum Gasteiger partial charge on any atom is 0.410 e. The van der Waals surface area contributed by atoms with Gasteiger partial charge in [-0.2, -0.15) is 5.26 Å². The number of ether oxygens (including phenoxy) is 1. The number of fused-ring (bicyclic) bond motifs is 1. The Labute approximate surface area is 113 Å². The van der Waals surface area contributed by atoms with E-state index in [0.717, 1.165) is 16.7 Å². The van der Waals surface area contributed by atoms with E-state index in [1.54, 1.807) is 4.90 Å². The minimum atomic E-state index is -0.474. The molecule has 1 amide bonds. The largest absolute Gasteiger partial charge is 0.444 e. The molecule has 4 nitrogen and oxygen atoms in total. The van der Waals surface area contributed by atoms with Crippen molar-refractivity contribution in [3.63, 3.8) is 0 Å². The van der Waals surface area contributed by atoms with Gasteiger partial charge < -0.3 is 4.74 Å². The van der Waals surface area contributed by atoms with E-state index in [-0.39, 0.29) is 6.09 Å². The number of carbonyl (C=O) groups is 1. The summed E-state index contributed by atoms with van der Waals surface area (Å²) in [6, 6.07) is 8.08. The van der Waals surface area contributed by atoms with Crippen molar-refractivity contribution in [3.05, 3.63) is 34.9 Å². The molecule has 0 bridgehead atoms. The van der Waals surface area contributed by atoms with E-state index >= 15 is 0 Å². The lowest BCUT2D eigenvalue weighted by atomic mass is 10.1. The van der Waals surface area contributed by atoms with Crippen molar-refractivity contribution in [2.24, 2.45) is 0 Å². The maximum atomic E-state index is 12.0. The van der Waals surface area contributed by atoms with E-state index in [0.29, 0.717) is 19.5 Å². The molecule has 19 heavy (non-hydrogen) atoms. The van der Waals surface area contributed by atoms with Crippen molar-refractivity contribution in [3.8, 4) is 6.07 Å². The number of amides is 1. The van der Waals surface area contributed by atoms with Gasteiger partial charge in [-0.25, -0.2) is 4.79 Å². The van der Waals surface area contributed by atoms with Gasteiger partial charge in [0.25, 0.3) is 0 Å². The van der Waals surface area contributed by atoms with Gasteiger partial charge in [0, 0.05) is 13.1 Å². The molecule has 0 unspecified atom stereocenters. The molecule has 0 aliphatic carbocycles. The third-order valence-corrected chi connectivity index (χ3v) is 2.93. The molecule has 100 valence electrons. The second-order valence-corrected chi connectivity index (χ2v) is 5.77. The highest BCUT2D eigenvalue weighted by atomic mass is 16.6. The summed E-state index contributed by atoms with van der Waals surface area (Å²) >= 11 is 0. The Hall–Kier alpha value is -2.02. The van der Waals surface area contributed by atoms with Crippen LogP contribution in [0.4, 0.5) is 4.79 Å². The molecule has 2 rings (SSSR count). The number of nitriles is 1. The van der Waals surface area contributed by atoms with Gasteiger partial charge in [-0.05, 0) is 37.5 Å². The molecule has 1 aromatic rings. The molecule has 1 aromatic carbocycles. The van der Waals surface area contributed by atoms with Gasteiger partial charge in [-0.3, -0.25) is 4.90 Å². The van der Waals surface area contributed by atoms with Crippen molar-refractivity contribution in [1.29, 1.82) is 5.26 Å². The first-order valence-electron chi connectivity index (χ1n) is 6.34. The molecule has 0 radical (unpaired) electrons. The zero-order valence-electron chi connectivity index (χ0n) is 11.6. The van der Waals surface area contributed by atoms with E-state index in [9.17, 15) is 4.79 Å². The van der Waals surface area contributed by atoms with Crippen LogP contribution in [0.15, 0.2) is 18.2 Å². The van der Waals surface area contributed by atoms with Gasteiger partial charge in [0.2, 0.25) is 0 Å². The number of carbonyl (C=O) groups excluding carboxylic acids is 1. The summed E-state index contributed by atoms with van der Waals surface area (Å²) in [5.74, 6) is 0. The molecule has 1 aliphatic heterocycles. The Morgan fingerprint density at radius 3 is 2.68 bits per heavy atom. The van der Waals surface area contributed by atoms with Crippen LogP contribution in [0.5, 0.6) is 0 Å². The summed E-state index contributed by atoms with van der Waals surface area (Å²) in [6.07, 6.45) is 0.116. The minimum absolute atomic E-state index is 0.287. The molecular formula is C15H18N2O2. The third kappa shape index (κ3) is 3.25. The number of rotatable bonds is 1. The fraction of sp³-hybridized carbons (Fsp3) is 0.467. The first-order chi connectivity index (χ1) is 8.89. The predicted molar refractivity (Wildman–Crippen MR) is 71.2 cm³/mol. The quantitative estimate of drug-likeness (QED) is 0.778. The van der Waals surface area contributed by atoms with Crippen LogP contribution in [0.25, 0.3) is 0 Å². The molecule has 0 saturated carbocycles. The van der Waals surface area contributed by atoms with Crippen molar-refractivity contribution < 1.29 is 9.53 Å². The monoisotopic (exact) mass is 258 g/mol. The molecule has 0 saturated heterocycles. The molecular weight excluding hydrogens is 240 g/mol. The summed E-state index contributed by atoms with van der Waals surface area (Å²) in [5, 5.41) is 8.70. The number of nitrogens with zero attached hydrogens (tertiary/aromatic N) is 2. The molecule has 0 spiro atoms. The van der Waals surface area contributed by atoms with E-state index < -0.39 is 5.60 Å². The number of hydrogen-bond acceptors (Lipinski definition) is 3. The average Bonchev–Trinajstić information content (AvgIpc) is 2.70. The fourth-order valence-electron chi connectivity index (χ4n) is 2.10. The zero-order chi connectivity index (χ0) is 14.0. The van der Waals surface area contributed by atoms with E-state index in [2.05, 4.69) is 6.07 Å². The van der Waals surface area contributed by atoms with Crippen LogP contribution in [-0.2, 0) is 24.2 Å². The molecule has 0 fully saturated rings. The highest BCUT2D eigenvalue weighted by Crippen LogP contribution is 2.25. The lowest BCUT2D eigenvalue weighted by Crippen LogP contribution is -2.33. The normalized spacial score (nSPS) is 13.9. The van der Waals surface area contributed by atoms with Crippen LogP contribution in [0.2, 0.25) is 0 Å². The van der Waals surface area contributed by atoms with Crippen molar-refractivity contribution >= 4 is 6.09 Å². The second kappa shape index (κ2) is 4.93. The average molecular weight is 258 g/mol. The predicted octanol–water partition coefficient (Wildman–Crippen LogP) is 3.00. The molecule has 0 atom stereocenters. The van der Waals surface area contributed by atoms with Crippen molar-refractivity contribution in [2.45, 2.75) is 45.9 Å². The standard InChI is InChI=1S/C15H18N2O2/c1-15(2,3)19-14(18)17-9-12-5-4-11(6-7-16)8-13(12)10-17/h4-5,8H,6,9-10H2,1-3H3. The summed E-state index contributed by atoms with van der Waals surface area (Å²) in [7, 11) is 0. The summed E-state index contributed by atoms with van der Waals surface area (Å²) in [5.41, 5.74) is 2.76. The SMILES string of the molecule is CC(C)(C)OC(=O)N1Cc2ccc(CC#N)cc2C1. The van der Waals surface area contributed by atoms with E-state index in [1.807, 2.05) is 39.0 Å². The number of benzene rings is 1. The number of hydrogen-bond donors (Lipinski definition) is 0. The summed E-state index contributed by atoms with van der Waals surface area (Å²) in [4.78, 5) is 13.7. The topological polar surface area (TPSA) is 53.3 Å². The molecule has 0 aromatic heterocycles. The van der Waals surface area contributed by atoms with Gasteiger partial charge in [0.05, 0.1) is 12.5 Å². The van der Waals surface area contributed by atoms with Gasteiger partial charge in [0.1, 0.15) is 5.60 Å². The Morgan fingerprint density at radius 1 is 1.37 bits per heavy atom. The first-order valence-corrected chi connectivity index (χ1v) is 6.34. The first kappa shape index (κ1) is 13.4. The summed E-state index contributed by atoms with van der Waals surface area (Å²) in [6.45, 7) is 6.72. The van der Waals surface area contributed by atoms with Crippen molar-refractivity contribution in [1.82, 2.24) is 4.90 Å². The Bertz CT molecular complexity index is 538. The van der Waals surface area contributed by atoms with Crippen LogP contribution in [-0.4, -0.2) is 16.6 Å². The van der Waals surface area contributed by atoms with Crippen LogP contribution in [0.1, 0.15) is 37.5 Å². The zero-order valence-corrected chi connectivity index (χ0v) is 11.6. The molecule has 1 aliphatic rings. The van der Waals surface area contributed by atoms with E-state index in [4.69, 9.17) is 10.00 Å². The lowest BCUT2D eigenvalue weighted by molar-refractivity contribution is 0.0242. The van der Waals surface area contributed by atoms with Gasteiger partial charge in [-0.15, -0.1) is 0 Å². The van der Waals surface area contributed by atoms with E-state index in [1.165, 1.54) is 0 Å². The van der Waals surface area contributed by atoms with Gasteiger partial charge >= 0.3 is 6.09 Å². The lowest BCUT2D eigenvalue weighted by Gasteiger charge is -2.24. The third-order valence-electron chi connectivity index (χ3n) is 2.93. The molecule has 1 heterocycles. The Kier molecular flexibility index (Phi) is 3.48. The van der Waals surface area contributed by atoms with Crippen LogP contribution < -0.4 is 0 Å². The molecule has 4 heteroatoms. The van der Waals surface area contributed by atoms with Gasteiger partial charge in [0.15, 0.2) is 0 Å². The van der Waals surface area contributed by atoms with Crippen LogP contribution in [0.3, 0.4) is 0 Å². The minimum Gasteiger partial charge on any atom is -0.444 e. The highest BCUT2D eigenvalue weighted by Gasteiger charge is 2.27. The maximum absolute atomic E-state index is 12.0. The summed E-state index contributed by atoms with van der Waals surface area (Å²) < 4.78 is 5.37.